The monoisotopic (exact) mass is 277 g/mol. The number of hydrogen-bond acceptors (Lipinski definition) is 3. The van der Waals surface area contributed by atoms with E-state index in [-0.39, 0.29) is 24.3 Å². The summed E-state index contributed by atoms with van der Waals surface area (Å²) < 4.78 is 0. The molecule has 0 heterocycles. The van der Waals surface area contributed by atoms with Gasteiger partial charge in [-0.1, -0.05) is 31.1 Å². The van der Waals surface area contributed by atoms with Crippen LogP contribution in [-0.2, 0) is 0 Å². The van der Waals surface area contributed by atoms with Gasteiger partial charge in [-0.3, -0.25) is 4.79 Å². The van der Waals surface area contributed by atoms with Gasteiger partial charge < -0.3 is 15.8 Å². The molecule has 0 atom stereocenters. The summed E-state index contributed by atoms with van der Waals surface area (Å²) in [5.41, 5.74) is 7.29. The molecular formula is C15H23N3O2. The smallest absolute Gasteiger partial charge is 0.254 e. The van der Waals surface area contributed by atoms with Crippen LogP contribution in [0.1, 0.15) is 49.5 Å². The molecule has 0 radical (unpaired) electrons. The van der Waals surface area contributed by atoms with E-state index >= 15 is 0 Å². The summed E-state index contributed by atoms with van der Waals surface area (Å²) >= 11 is 0. The third kappa shape index (κ3) is 3.98. The highest BCUT2D eigenvalue weighted by Crippen LogP contribution is 2.16. The molecule has 0 fully saturated rings. The maximum absolute atomic E-state index is 12.5. The fourth-order valence-corrected chi connectivity index (χ4v) is 1.87. The fraction of sp³-hybridized carbons (Fsp3) is 0.467. The van der Waals surface area contributed by atoms with E-state index in [2.05, 4.69) is 19.0 Å². The van der Waals surface area contributed by atoms with Crippen molar-refractivity contribution in [2.45, 2.75) is 39.7 Å². The van der Waals surface area contributed by atoms with E-state index in [0.29, 0.717) is 11.5 Å². The predicted molar refractivity (Wildman–Crippen MR) is 80.1 cm³/mol. The molecule has 110 valence electrons. The molecule has 1 aromatic carbocycles. The SMILES string of the molecule is CC(C)c1ccc(C(=O)N(CC(N)=NO)C(C)C)cc1. The molecule has 3 N–H and O–H groups in total. The lowest BCUT2D eigenvalue weighted by Gasteiger charge is -2.26. The first kappa shape index (κ1) is 16.0. The van der Waals surface area contributed by atoms with Crippen molar-refractivity contribution in [2.75, 3.05) is 6.54 Å². The van der Waals surface area contributed by atoms with Crippen LogP contribution < -0.4 is 5.73 Å². The number of oxime groups is 1. The molecule has 1 aromatic rings. The van der Waals surface area contributed by atoms with Crippen LogP contribution in [0.3, 0.4) is 0 Å². The molecule has 5 nitrogen and oxygen atoms in total. The molecule has 0 unspecified atom stereocenters. The first-order valence-corrected chi connectivity index (χ1v) is 6.74. The van der Waals surface area contributed by atoms with Crippen LogP contribution in [0.5, 0.6) is 0 Å². The first-order chi connectivity index (χ1) is 9.36. The van der Waals surface area contributed by atoms with Crippen LogP contribution >= 0.6 is 0 Å². The van der Waals surface area contributed by atoms with Crippen molar-refractivity contribution in [3.63, 3.8) is 0 Å². The van der Waals surface area contributed by atoms with E-state index in [1.54, 1.807) is 4.90 Å². The van der Waals surface area contributed by atoms with Crippen molar-refractivity contribution in [3.8, 4) is 0 Å². The van der Waals surface area contributed by atoms with Crippen LogP contribution in [0, 0.1) is 0 Å². The molecular weight excluding hydrogens is 254 g/mol. The van der Waals surface area contributed by atoms with Crippen molar-refractivity contribution in [1.82, 2.24) is 4.90 Å². The van der Waals surface area contributed by atoms with Crippen LogP contribution in [-0.4, -0.2) is 34.4 Å². The second-order valence-corrected chi connectivity index (χ2v) is 5.39. The first-order valence-electron chi connectivity index (χ1n) is 6.74. The van der Waals surface area contributed by atoms with Gasteiger partial charge in [0.2, 0.25) is 0 Å². The number of nitrogens with two attached hydrogens (primary N) is 1. The number of nitrogens with zero attached hydrogens (tertiary/aromatic N) is 2. The van der Waals surface area contributed by atoms with Gasteiger partial charge in [0.05, 0.1) is 6.54 Å². The second kappa shape index (κ2) is 6.93. The summed E-state index contributed by atoms with van der Waals surface area (Å²) in [6.07, 6.45) is 0. The third-order valence-corrected chi connectivity index (χ3v) is 3.17. The summed E-state index contributed by atoms with van der Waals surface area (Å²) in [5.74, 6) is 0.324. The number of benzene rings is 1. The molecule has 1 amide bonds. The Hall–Kier alpha value is -2.04. The van der Waals surface area contributed by atoms with Crippen molar-refractivity contribution in [1.29, 1.82) is 0 Å². The number of hydrogen-bond donors (Lipinski definition) is 2. The van der Waals surface area contributed by atoms with E-state index in [9.17, 15) is 4.79 Å². The van der Waals surface area contributed by atoms with Crippen LogP contribution in [0.25, 0.3) is 0 Å². The molecule has 5 heteroatoms. The minimum Gasteiger partial charge on any atom is -0.409 e. The van der Waals surface area contributed by atoms with E-state index in [1.165, 1.54) is 5.56 Å². The average molecular weight is 277 g/mol. The molecule has 20 heavy (non-hydrogen) atoms. The minimum atomic E-state index is -0.123. The van der Waals surface area contributed by atoms with Gasteiger partial charge in [-0.15, -0.1) is 0 Å². The molecule has 0 saturated carbocycles. The lowest BCUT2D eigenvalue weighted by molar-refractivity contribution is 0.0734. The molecule has 1 rings (SSSR count). The highest BCUT2D eigenvalue weighted by molar-refractivity contribution is 5.97. The van der Waals surface area contributed by atoms with Crippen LogP contribution in [0.15, 0.2) is 29.4 Å². The van der Waals surface area contributed by atoms with Gasteiger partial charge in [0, 0.05) is 11.6 Å². The van der Waals surface area contributed by atoms with E-state index in [4.69, 9.17) is 10.9 Å². The molecule has 0 bridgehead atoms. The average Bonchev–Trinajstić information content (AvgIpc) is 2.43. The Morgan fingerprint density at radius 3 is 2.20 bits per heavy atom. The number of carbonyl (C=O) groups is 1. The van der Waals surface area contributed by atoms with Gasteiger partial charge in [0.15, 0.2) is 5.84 Å². The zero-order valence-electron chi connectivity index (χ0n) is 12.5. The molecule has 0 aliphatic heterocycles. The highest BCUT2D eigenvalue weighted by Gasteiger charge is 2.20. The third-order valence-electron chi connectivity index (χ3n) is 3.17. The van der Waals surface area contributed by atoms with Gasteiger partial charge in [-0.2, -0.15) is 0 Å². The Morgan fingerprint density at radius 2 is 1.80 bits per heavy atom. The Labute approximate surface area is 120 Å². The van der Waals surface area contributed by atoms with Gasteiger partial charge >= 0.3 is 0 Å². The number of amides is 1. The maximum Gasteiger partial charge on any atom is 0.254 e. The molecule has 0 aliphatic rings. The molecule has 0 spiro atoms. The van der Waals surface area contributed by atoms with Crippen molar-refractivity contribution < 1.29 is 10.0 Å². The molecule has 0 aliphatic carbocycles. The van der Waals surface area contributed by atoms with Gasteiger partial charge in [-0.25, -0.2) is 0 Å². The lowest BCUT2D eigenvalue weighted by Crippen LogP contribution is -2.42. The predicted octanol–water partition coefficient (Wildman–Crippen LogP) is 2.41. The molecule has 0 aromatic heterocycles. The number of rotatable bonds is 5. The number of amidine groups is 1. The largest absolute Gasteiger partial charge is 0.409 e. The lowest BCUT2D eigenvalue weighted by atomic mass is 10.0. The molecule has 0 saturated heterocycles. The van der Waals surface area contributed by atoms with E-state index in [1.807, 2.05) is 38.1 Å². The second-order valence-electron chi connectivity index (χ2n) is 5.39. The summed E-state index contributed by atoms with van der Waals surface area (Å²) in [4.78, 5) is 14.0. The van der Waals surface area contributed by atoms with Crippen molar-refractivity contribution >= 4 is 11.7 Å². The van der Waals surface area contributed by atoms with Crippen molar-refractivity contribution in [2.24, 2.45) is 10.9 Å². The maximum atomic E-state index is 12.5. The Balaban J connectivity index is 2.94. The summed E-state index contributed by atoms with van der Waals surface area (Å²) in [6.45, 7) is 8.11. The summed E-state index contributed by atoms with van der Waals surface area (Å²) in [7, 11) is 0. The topological polar surface area (TPSA) is 78.9 Å². The van der Waals surface area contributed by atoms with Gasteiger partial charge in [0.25, 0.3) is 5.91 Å². The summed E-state index contributed by atoms with van der Waals surface area (Å²) in [5, 5.41) is 11.6. The van der Waals surface area contributed by atoms with E-state index < -0.39 is 0 Å². The fourth-order valence-electron chi connectivity index (χ4n) is 1.87. The zero-order valence-corrected chi connectivity index (χ0v) is 12.5. The highest BCUT2D eigenvalue weighted by atomic mass is 16.4. The normalized spacial score (nSPS) is 12.0. The van der Waals surface area contributed by atoms with Gasteiger partial charge in [0.1, 0.15) is 0 Å². The minimum absolute atomic E-state index is 0.0193. The van der Waals surface area contributed by atoms with Gasteiger partial charge in [-0.05, 0) is 37.5 Å². The summed E-state index contributed by atoms with van der Waals surface area (Å²) in [6, 6.07) is 7.52. The van der Waals surface area contributed by atoms with Crippen molar-refractivity contribution in [3.05, 3.63) is 35.4 Å². The zero-order chi connectivity index (χ0) is 15.3. The van der Waals surface area contributed by atoms with Crippen LogP contribution in [0.2, 0.25) is 0 Å². The van der Waals surface area contributed by atoms with E-state index in [0.717, 1.165) is 0 Å². The number of carbonyl (C=O) groups excluding carboxylic acids is 1. The quantitative estimate of drug-likeness (QED) is 0.375. The van der Waals surface area contributed by atoms with Crippen LogP contribution in [0.4, 0.5) is 0 Å². The Bertz CT molecular complexity index is 478. The Kier molecular flexibility index (Phi) is 5.55. The Morgan fingerprint density at radius 1 is 1.25 bits per heavy atom. The standard InChI is InChI=1S/C15H23N3O2/c1-10(2)12-5-7-13(8-6-12)15(19)18(11(3)4)9-14(16)17-20/h5-8,10-11,20H,9H2,1-4H3,(H2,16,17).